The maximum Gasteiger partial charge on any atom is 0.219 e. The molecule has 1 aromatic heterocycles. The highest BCUT2D eigenvalue weighted by molar-refractivity contribution is 5.11. The van der Waals surface area contributed by atoms with Crippen LogP contribution in [0.2, 0.25) is 0 Å². The summed E-state index contributed by atoms with van der Waals surface area (Å²) in [5.41, 5.74) is 5.14. The molecular weight excluding hydrogens is 138 g/mol. The molecule has 0 amide bonds. The fourth-order valence-corrected chi connectivity index (χ4v) is 0.311. The minimum Gasteiger partial charge on any atom is -0.368 e. The van der Waals surface area contributed by atoms with Gasteiger partial charge in [0.2, 0.25) is 5.95 Å². The van der Waals surface area contributed by atoms with E-state index in [0.29, 0.717) is 5.95 Å². The Morgan fingerprint density at radius 3 is 1.55 bits per heavy atom. The second kappa shape index (κ2) is 11.6. The summed E-state index contributed by atoms with van der Waals surface area (Å²) in [6, 6.07) is 1.72. The molecule has 64 valence electrons. The van der Waals surface area contributed by atoms with E-state index in [1.165, 1.54) is 0 Å². The normalized spacial score (nSPS) is 6.55. The number of aromatic nitrogens is 2. The van der Waals surface area contributed by atoms with Gasteiger partial charge in [0.15, 0.2) is 0 Å². The van der Waals surface area contributed by atoms with E-state index in [9.17, 15) is 0 Å². The van der Waals surface area contributed by atoms with Crippen molar-refractivity contribution < 1.29 is 0 Å². The van der Waals surface area contributed by atoms with Crippen molar-refractivity contribution >= 4 is 5.95 Å². The Morgan fingerprint density at radius 2 is 1.36 bits per heavy atom. The molecule has 0 saturated carbocycles. The summed E-state index contributed by atoms with van der Waals surface area (Å²) in [5.74, 6) is 0.322. The Balaban J connectivity index is 0. The summed E-state index contributed by atoms with van der Waals surface area (Å²) in [5, 5.41) is 0. The van der Waals surface area contributed by atoms with Crippen molar-refractivity contribution in [3.8, 4) is 0 Å². The van der Waals surface area contributed by atoms with E-state index in [1.54, 1.807) is 18.5 Å². The second-order valence-electron chi connectivity index (χ2n) is 1.11. The van der Waals surface area contributed by atoms with Crippen LogP contribution < -0.4 is 5.73 Å². The first-order valence-electron chi connectivity index (χ1n) is 3.92. The van der Waals surface area contributed by atoms with Crippen LogP contribution in [0.25, 0.3) is 0 Å². The number of nitrogens with zero attached hydrogens (tertiary/aromatic N) is 2. The van der Waals surface area contributed by atoms with E-state index >= 15 is 0 Å². The van der Waals surface area contributed by atoms with Gasteiger partial charge in [0.05, 0.1) is 0 Å². The largest absolute Gasteiger partial charge is 0.368 e. The van der Waals surface area contributed by atoms with Gasteiger partial charge in [-0.3, -0.25) is 0 Å². The molecule has 0 radical (unpaired) electrons. The Morgan fingerprint density at radius 1 is 1.00 bits per heavy atom. The molecule has 0 aliphatic carbocycles. The third-order valence-electron chi connectivity index (χ3n) is 0.586. The SMILES string of the molecule is CC.CC.Nc1ncccn1. The van der Waals surface area contributed by atoms with Crippen LogP contribution in [-0.4, -0.2) is 9.97 Å². The second-order valence-corrected chi connectivity index (χ2v) is 1.11. The lowest BCUT2D eigenvalue weighted by Gasteiger charge is -1.82. The highest BCUT2D eigenvalue weighted by atomic mass is 15.0. The van der Waals surface area contributed by atoms with E-state index in [-0.39, 0.29) is 0 Å². The minimum atomic E-state index is 0.322. The van der Waals surface area contributed by atoms with Gasteiger partial charge in [-0.15, -0.1) is 0 Å². The summed E-state index contributed by atoms with van der Waals surface area (Å²) in [4.78, 5) is 7.29. The predicted octanol–water partition coefficient (Wildman–Crippen LogP) is 2.11. The molecule has 1 heterocycles. The van der Waals surface area contributed by atoms with Gasteiger partial charge >= 0.3 is 0 Å². The van der Waals surface area contributed by atoms with Crippen LogP contribution in [0.5, 0.6) is 0 Å². The van der Waals surface area contributed by atoms with Gasteiger partial charge < -0.3 is 5.73 Å². The number of hydrogen-bond acceptors (Lipinski definition) is 3. The molecule has 0 fully saturated rings. The summed E-state index contributed by atoms with van der Waals surface area (Å²) in [7, 11) is 0. The predicted molar refractivity (Wildman–Crippen MR) is 49.1 cm³/mol. The molecule has 0 aliphatic rings. The smallest absolute Gasteiger partial charge is 0.219 e. The number of nitrogens with two attached hydrogens (primary N) is 1. The fraction of sp³-hybridized carbons (Fsp3) is 0.500. The van der Waals surface area contributed by atoms with Crippen LogP contribution >= 0.6 is 0 Å². The fourth-order valence-electron chi connectivity index (χ4n) is 0.311. The van der Waals surface area contributed by atoms with Crippen molar-refractivity contribution in [2.24, 2.45) is 0 Å². The van der Waals surface area contributed by atoms with Crippen LogP contribution in [-0.2, 0) is 0 Å². The highest BCUT2D eigenvalue weighted by Gasteiger charge is 1.75. The van der Waals surface area contributed by atoms with Gasteiger partial charge in [-0.1, -0.05) is 27.7 Å². The van der Waals surface area contributed by atoms with E-state index in [2.05, 4.69) is 9.97 Å². The number of nitrogen functional groups attached to an aromatic ring is 1. The van der Waals surface area contributed by atoms with Crippen molar-refractivity contribution in [1.29, 1.82) is 0 Å². The Kier molecular flexibility index (Phi) is 13.3. The maximum atomic E-state index is 5.14. The molecule has 3 heteroatoms. The average molecular weight is 155 g/mol. The number of anilines is 1. The zero-order chi connectivity index (χ0) is 9.11. The molecule has 2 N–H and O–H groups in total. The van der Waals surface area contributed by atoms with Crippen LogP contribution in [0.3, 0.4) is 0 Å². The van der Waals surface area contributed by atoms with Crippen molar-refractivity contribution in [2.75, 3.05) is 5.73 Å². The molecule has 0 atom stereocenters. The zero-order valence-electron chi connectivity index (χ0n) is 7.70. The van der Waals surface area contributed by atoms with Gasteiger partial charge in [0.1, 0.15) is 0 Å². The summed E-state index contributed by atoms with van der Waals surface area (Å²) in [6.07, 6.45) is 3.20. The van der Waals surface area contributed by atoms with Crippen molar-refractivity contribution in [3.63, 3.8) is 0 Å². The maximum absolute atomic E-state index is 5.14. The molecule has 0 bridgehead atoms. The summed E-state index contributed by atoms with van der Waals surface area (Å²) < 4.78 is 0. The average Bonchev–Trinajstić information content (AvgIpc) is 2.13. The van der Waals surface area contributed by atoms with E-state index in [4.69, 9.17) is 5.73 Å². The topological polar surface area (TPSA) is 51.8 Å². The molecule has 0 aliphatic heterocycles. The third kappa shape index (κ3) is 8.88. The molecule has 3 nitrogen and oxygen atoms in total. The quantitative estimate of drug-likeness (QED) is 0.624. The number of hydrogen-bond donors (Lipinski definition) is 1. The van der Waals surface area contributed by atoms with Crippen LogP contribution in [0.1, 0.15) is 27.7 Å². The standard InChI is InChI=1S/C4H5N3.2C2H6/c5-4-6-2-1-3-7-4;2*1-2/h1-3H,(H2,5,6,7);2*1-2H3. The van der Waals surface area contributed by atoms with E-state index < -0.39 is 0 Å². The van der Waals surface area contributed by atoms with Crippen molar-refractivity contribution in [2.45, 2.75) is 27.7 Å². The monoisotopic (exact) mass is 155 g/mol. The number of rotatable bonds is 0. The van der Waals surface area contributed by atoms with Gasteiger partial charge in [0.25, 0.3) is 0 Å². The lowest BCUT2D eigenvalue weighted by Crippen LogP contribution is -1.90. The molecule has 1 aromatic rings. The molecular formula is C8H17N3. The van der Waals surface area contributed by atoms with E-state index in [1.807, 2.05) is 27.7 Å². The van der Waals surface area contributed by atoms with Crippen LogP contribution in [0, 0.1) is 0 Å². The van der Waals surface area contributed by atoms with Crippen molar-refractivity contribution in [3.05, 3.63) is 18.5 Å². The molecule has 11 heavy (non-hydrogen) atoms. The van der Waals surface area contributed by atoms with Gasteiger partial charge in [0, 0.05) is 12.4 Å². The van der Waals surface area contributed by atoms with E-state index in [0.717, 1.165) is 0 Å². The first-order chi connectivity index (χ1) is 5.39. The molecule has 1 rings (SSSR count). The Labute approximate surface area is 68.7 Å². The zero-order valence-corrected chi connectivity index (χ0v) is 7.70. The summed E-state index contributed by atoms with van der Waals surface area (Å²) >= 11 is 0. The lowest BCUT2D eigenvalue weighted by molar-refractivity contribution is 1.19. The Hall–Kier alpha value is -1.12. The molecule has 0 saturated heterocycles. The lowest BCUT2D eigenvalue weighted by atomic mass is 10.7. The first-order valence-corrected chi connectivity index (χ1v) is 3.92. The minimum absolute atomic E-state index is 0.322. The van der Waals surface area contributed by atoms with Crippen molar-refractivity contribution in [1.82, 2.24) is 9.97 Å². The first kappa shape index (κ1) is 12.5. The van der Waals surface area contributed by atoms with Gasteiger partial charge in [-0.05, 0) is 6.07 Å². The van der Waals surface area contributed by atoms with Crippen LogP contribution in [0.4, 0.5) is 5.95 Å². The Bertz CT molecular complexity index is 139. The third-order valence-corrected chi connectivity index (χ3v) is 0.586. The molecule has 0 unspecified atom stereocenters. The molecule has 0 spiro atoms. The summed E-state index contributed by atoms with van der Waals surface area (Å²) in [6.45, 7) is 8.00. The van der Waals surface area contributed by atoms with Gasteiger partial charge in [-0.25, -0.2) is 9.97 Å². The highest BCUT2D eigenvalue weighted by Crippen LogP contribution is 1.81. The van der Waals surface area contributed by atoms with Crippen LogP contribution in [0.15, 0.2) is 18.5 Å². The molecule has 0 aromatic carbocycles. The van der Waals surface area contributed by atoms with Gasteiger partial charge in [-0.2, -0.15) is 0 Å².